The van der Waals surface area contributed by atoms with E-state index in [9.17, 15) is 27.5 Å². The van der Waals surface area contributed by atoms with Crippen LogP contribution in [-0.4, -0.2) is 29.9 Å². The molecule has 0 aromatic heterocycles. The minimum atomic E-state index is -1.21. The number of carbonyl (C=O) groups excluding carboxylic acids is 1. The summed E-state index contributed by atoms with van der Waals surface area (Å²) < 4.78 is 69.5. The van der Waals surface area contributed by atoms with Crippen LogP contribution in [0.1, 0.15) is 83.1 Å². The van der Waals surface area contributed by atoms with Gasteiger partial charge >= 0.3 is 5.97 Å². The van der Waals surface area contributed by atoms with Crippen molar-refractivity contribution in [2.45, 2.75) is 89.8 Å². The number of hydrogen-bond donors (Lipinski definition) is 1. The molecule has 8 heteroatoms. The maximum atomic E-state index is 15.0. The smallest absolute Gasteiger partial charge is 0.314 e. The Morgan fingerprint density at radius 1 is 1.00 bits per heavy atom. The van der Waals surface area contributed by atoms with Crippen LogP contribution in [0.15, 0.2) is 47.6 Å². The lowest BCUT2D eigenvalue weighted by Crippen LogP contribution is -2.32. The minimum Gasteiger partial charge on any atom is -0.423 e. The fraction of sp³-hybridized carbons (Fsp3) is 0.581. The molecule has 0 heterocycles. The van der Waals surface area contributed by atoms with Crippen molar-refractivity contribution in [3.8, 4) is 5.75 Å². The number of ether oxygens (including phenoxy) is 2. The van der Waals surface area contributed by atoms with Gasteiger partial charge in [-0.1, -0.05) is 37.6 Å². The molecule has 1 saturated carbocycles. The zero-order valence-electron chi connectivity index (χ0n) is 22.6. The fourth-order valence-corrected chi connectivity index (χ4v) is 6.13. The molecule has 1 fully saturated rings. The van der Waals surface area contributed by atoms with Crippen molar-refractivity contribution in [2.75, 3.05) is 6.61 Å². The van der Waals surface area contributed by atoms with Crippen LogP contribution in [0.5, 0.6) is 5.75 Å². The van der Waals surface area contributed by atoms with Crippen molar-refractivity contribution < 1.29 is 36.9 Å². The zero-order valence-corrected chi connectivity index (χ0v) is 22.6. The van der Waals surface area contributed by atoms with Gasteiger partial charge in [-0.3, -0.25) is 4.79 Å². The maximum Gasteiger partial charge on any atom is 0.314 e. The second-order valence-corrected chi connectivity index (χ2v) is 10.8. The Morgan fingerprint density at radius 2 is 1.74 bits per heavy atom. The molecule has 4 nitrogen and oxygen atoms in total. The van der Waals surface area contributed by atoms with Crippen LogP contribution in [0.25, 0.3) is 0 Å². The minimum absolute atomic E-state index is 0.0861. The third kappa shape index (κ3) is 6.65. The van der Waals surface area contributed by atoms with E-state index in [2.05, 4.69) is 0 Å². The summed E-state index contributed by atoms with van der Waals surface area (Å²) in [6.45, 7) is 4.04. The van der Waals surface area contributed by atoms with E-state index in [0.29, 0.717) is 58.0 Å². The van der Waals surface area contributed by atoms with Crippen LogP contribution < -0.4 is 4.74 Å². The Kier molecular flexibility index (Phi) is 10.0. The summed E-state index contributed by atoms with van der Waals surface area (Å²) in [5.74, 6) is -6.43. The molecule has 0 amide bonds. The van der Waals surface area contributed by atoms with E-state index < -0.39 is 59.1 Å². The molecule has 0 saturated heterocycles. The first-order valence-electron chi connectivity index (χ1n) is 14.2. The summed E-state index contributed by atoms with van der Waals surface area (Å²) in [5, 5.41) is 10.1. The molecule has 0 spiro atoms. The number of aliphatic hydroxyl groups excluding tert-OH is 1. The zero-order chi connectivity index (χ0) is 28.1. The third-order valence-electron chi connectivity index (χ3n) is 8.38. The molecule has 0 aliphatic heterocycles. The highest BCUT2D eigenvalue weighted by molar-refractivity contribution is 5.75. The van der Waals surface area contributed by atoms with E-state index in [4.69, 9.17) is 9.47 Å². The molecule has 4 atom stereocenters. The third-order valence-corrected chi connectivity index (χ3v) is 8.38. The summed E-state index contributed by atoms with van der Waals surface area (Å²) in [4.78, 5) is 12.8. The monoisotopic (exact) mass is 550 g/mol. The van der Waals surface area contributed by atoms with E-state index >= 15 is 0 Å². The average Bonchev–Trinajstić information content (AvgIpc) is 2.94. The highest BCUT2D eigenvalue weighted by atomic mass is 19.2. The lowest BCUT2D eigenvalue weighted by Gasteiger charge is -2.35. The number of rotatable bonds is 9. The van der Waals surface area contributed by atoms with Crippen molar-refractivity contribution >= 4 is 5.97 Å². The summed E-state index contributed by atoms with van der Waals surface area (Å²) in [6.07, 6.45) is 8.64. The number of halogens is 4. The molecule has 1 aromatic rings. The molecule has 0 bridgehead atoms. The van der Waals surface area contributed by atoms with Crippen molar-refractivity contribution in [3.05, 3.63) is 64.8 Å². The van der Waals surface area contributed by atoms with Gasteiger partial charge in [0, 0.05) is 18.4 Å². The van der Waals surface area contributed by atoms with E-state index in [1.807, 2.05) is 13.0 Å². The van der Waals surface area contributed by atoms with Crippen LogP contribution in [-0.2, 0) is 9.53 Å². The quantitative estimate of drug-likeness (QED) is 0.194. The molecule has 3 aliphatic rings. The molecule has 1 aromatic carbocycles. The van der Waals surface area contributed by atoms with Crippen LogP contribution in [0.3, 0.4) is 0 Å². The topological polar surface area (TPSA) is 55.8 Å². The van der Waals surface area contributed by atoms with Crippen LogP contribution >= 0.6 is 0 Å². The van der Waals surface area contributed by atoms with E-state index in [0.717, 1.165) is 12.0 Å². The Morgan fingerprint density at radius 3 is 2.38 bits per heavy atom. The summed E-state index contributed by atoms with van der Waals surface area (Å²) in [7, 11) is 0. The molecule has 4 rings (SSSR count). The first-order chi connectivity index (χ1) is 18.7. The summed E-state index contributed by atoms with van der Waals surface area (Å²) in [5.41, 5.74) is 0.932. The predicted octanol–water partition coefficient (Wildman–Crippen LogP) is 7.77. The standard InChI is InChI=1S/C31H38F4O4/c1-3-5-24(36)20-10-6-18(7-11-20)23-15-17-26(30(35)28(23)33)39-31(37)21-12-8-19(9-13-21)22-14-16-25(38-4-2)29(34)27(22)32/h6,10-11,15,17-19,21-22,24-25,36H,3-5,7-9,12-14,16H2,1-2H3. The van der Waals surface area contributed by atoms with Gasteiger partial charge in [-0.15, -0.1) is 0 Å². The largest absolute Gasteiger partial charge is 0.423 e. The van der Waals surface area contributed by atoms with E-state index in [1.165, 1.54) is 12.1 Å². The van der Waals surface area contributed by atoms with Gasteiger partial charge < -0.3 is 14.6 Å². The van der Waals surface area contributed by atoms with E-state index in [1.54, 1.807) is 19.1 Å². The number of aliphatic hydroxyl groups is 1. The van der Waals surface area contributed by atoms with Gasteiger partial charge in [-0.2, -0.15) is 4.39 Å². The number of carbonyl (C=O) groups is 1. The van der Waals surface area contributed by atoms with Gasteiger partial charge in [-0.25, -0.2) is 13.2 Å². The second-order valence-electron chi connectivity index (χ2n) is 10.8. The molecular weight excluding hydrogens is 512 g/mol. The SMILES string of the molecule is CCCC(O)C1=CCC(c2ccc(OC(=O)C3CCC(C4CCC(OCC)C(F)=C4F)CC3)c(F)c2F)C=C1. The number of allylic oxidation sites excluding steroid dienone is 3. The highest BCUT2D eigenvalue weighted by Gasteiger charge is 2.39. The maximum absolute atomic E-state index is 15.0. The van der Waals surface area contributed by atoms with Gasteiger partial charge in [0.2, 0.25) is 5.82 Å². The van der Waals surface area contributed by atoms with Crippen molar-refractivity contribution in [1.29, 1.82) is 0 Å². The normalized spacial score (nSPS) is 28.3. The van der Waals surface area contributed by atoms with Gasteiger partial charge in [-0.05, 0) is 81.4 Å². The molecule has 0 radical (unpaired) electrons. The van der Waals surface area contributed by atoms with Crippen LogP contribution in [0.4, 0.5) is 17.6 Å². The van der Waals surface area contributed by atoms with Gasteiger partial charge in [0.15, 0.2) is 17.4 Å². The Hall–Kier alpha value is -2.45. The Balaban J connectivity index is 1.33. The summed E-state index contributed by atoms with van der Waals surface area (Å²) >= 11 is 0. The fourth-order valence-electron chi connectivity index (χ4n) is 6.13. The van der Waals surface area contributed by atoms with Crippen molar-refractivity contribution in [2.24, 2.45) is 17.8 Å². The predicted molar refractivity (Wildman–Crippen MR) is 140 cm³/mol. The van der Waals surface area contributed by atoms with Crippen LogP contribution in [0.2, 0.25) is 0 Å². The van der Waals surface area contributed by atoms with Gasteiger partial charge in [0.05, 0.1) is 12.0 Å². The number of esters is 1. The molecule has 1 N–H and O–H groups in total. The highest BCUT2D eigenvalue weighted by Crippen LogP contribution is 2.44. The lowest BCUT2D eigenvalue weighted by atomic mass is 9.72. The first-order valence-corrected chi connectivity index (χ1v) is 14.2. The van der Waals surface area contributed by atoms with Gasteiger partial charge in [0.1, 0.15) is 11.9 Å². The number of benzene rings is 1. The molecular formula is C31H38F4O4. The van der Waals surface area contributed by atoms with Crippen molar-refractivity contribution in [1.82, 2.24) is 0 Å². The number of hydrogen-bond acceptors (Lipinski definition) is 4. The molecule has 214 valence electrons. The molecule has 3 aliphatic carbocycles. The summed E-state index contributed by atoms with van der Waals surface area (Å²) in [6, 6.07) is 2.70. The first kappa shape index (κ1) is 29.5. The van der Waals surface area contributed by atoms with Crippen LogP contribution in [0, 0.1) is 29.4 Å². The Labute approximate surface area is 227 Å². The average molecular weight is 551 g/mol. The lowest BCUT2D eigenvalue weighted by molar-refractivity contribution is -0.140. The van der Waals surface area contributed by atoms with E-state index in [-0.39, 0.29) is 17.4 Å². The second kappa shape index (κ2) is 13.3. The Bertz CT molecular complexity index is 1120. The molecule has 39 heavy (non-hydrogen) atoms. The van der Waals surface area contributed by atoms with Gasteiger partial charge in [0.25, 0.3) is 0 Å². The molecule has 4 unspecified atom stereocenters. The van der Waals surface area contributed by atoms with Crippen molar-refractivity contribution in [3.63, 3.8) is 0 Å².